The van der Waals surface area contributed by atoms with E-state index in [0.717, 1.165) is 44.3 Å². The molecule has 3 nitrogen and oxygen atoms in total. The number of hydrogen-bond acceptors (Lipinski definition) is 3. The fourth-order valence-corrected chi connectivity index (χ4v) is 4.87. The average Bonchev–Trinajstić information content (AvgIpc) is 2.92. The largest absolute Gasteiger partial charge is 0.308 e. The highest BCUT2D eigenvalue weighted by Crippen LogP contribution is 2.42. The van der Waals surface area contributed by atoms with E-state index in [0.29, 0.717) is 18.0 Å². The number of alkyl halides is 1. The van der Waals surface area contributed by atoms with Crippen LogP contribution in [-0.4, -0.2) is 35.6 Å². The highest BCUT2D eigenvalue weighted by molar-refractivity contribution is 6.20. The van der Waals surface area contributed by atoms with Crippen molar-refractivity contribution in [2.45, 2.75) is 49.2 Å². The molecule has 0 spiro atoms. The molecule has 1 aliphatic carbocycles. The van der Waals surface area contributed by atoms with E-state index in [-0.39, 0.29) is 17.2 Å². The number of nitrogens with zero attached hydrogens (tertiary/aromatic N) is 1. The molecule has 2 saturated heterocycles. The molecular formula is C17H23ClFN3. The van der Waals surface area contributed by atoms with Gasteiger partial charge in [-0.1, -0.05) is 18.2 Å². The van der Waals surface area contributed by atoms with Gasteiger partial charge >= 0.3 is 0 Å². The van der Waals surface area contributed by atoms with Crippen molar-refractivity contribution < 1.29 is 4.39 Å². The molecule has 0 aromatic heterocycles. The first-order valence-electron chi connectivity index (χ1n) is 8.38. The lowest BCUT2D eigenvalue weighted by atomic mass is 9.77. The number of hydrazine groups is 1. The topological polar surface area (TPSA) is 27.3 Å². The lowest BCUT2D eigenvalue weighted by Crippen LogP contribution is -2.51. The minimum Gasteiger partial charge on any atom is -0.308 e. The van der Waals surface area contributed by atoms with E-state index in [1.54, 1.807) is 12.1 Å². The molecule has 3 aliphatic rings. The van der Waals surface area contributed by atoms with Gasteiger partial charge in [0.05, 0.1) is 0 Å². The molecule has 2 N–H and O–H groups in total. The fourth-order valence-electron chi connectivity index (χ4n) is 4.54. The molecule has 2 aliphatic heterocycles. The van der Waals surface area contributed by atoms with Crippen LogP contribution in [0.1, 0.15) is 37.3 Å². The highest BCUT2D eigenvalue weighted by atomic mass is 35.5. The molecule has 0 amide bonds. The molecule has 5 heteroatoms. The Kier molecular flexibility index (Phi) is 4.11. The molecule has 5 unspecified atom stereocenters. The van der Waals surface area contributed by atoms with Gasteiger partial charge in [0, 0.05) is 42.2 Å². The van der Waals surface area contributed by atoms with Crippen LogP contribution in [0.2, 0.25) is 0 Å². The van der Waals surface area contributed by atoms with Crippen molar-refractivity contribution in [3.63, 3.8) is 0 Å². The number of fused-ring (bicyclic) bond motifs is 3. The molecule has 0 radical (unpaired) electrons. The predicted octanol–water partition coefficient (Wildman–Crippen LogP) is 2.83. The van der Waals surface area contributed by atoms with E-state index in [9.17, 15) is 4.39 Å². The van der Waals surface area contributed by atoms with Gasteiger partial charge in [-0.3, -0.25) is 5.43 Å². The third-order valence-electron chi connectivity index (χ3n) is 5.56. The van der Waals surface area contributed by atoms with Gasteiger partial charge < -0.3 is 5.32 Å². The van der Waals surface area contributed by atoms with E-state index in [2.05, 4.69) is 15.8 Å². The molecule has 1 aromatic carbocycles. The number of benzene rings is 1. The van der Waals surface area contributed by atoms with Crippen molar-refractivity contribution in [2.24, 2.45) is 5.92 Å². The molecular weight excluding hydrogens is 301 g/mol. The van der Waals surface area contributed by atoms with Crippen molar-refractivity contribution >= 4 is 11.6 Å². The van der Waals surface area contributed by atoms with Gasteiger partial charge in [0.1, 0.15) is 5.82 Å². The van der Waals surface area contributed by atoms with Crippen LogP contribution in [0.15, 0.2) is 24.3 Å². The van der Waals surface area contributed by atoms with Crippen molar-refractivity contribution in [3.8, 4) is 0 Å². The summed E-state index contributed by atoms with van der Waals surface area (Å²) < 4.78 is 14.4. The van der Waals surface area contributed by atoms with Crippen molar-refractivity contribution in [1.29, 1.82) is 0 Å². The van der Waals surface area contributed by atoms with E-state index in [1.165, 1.54) is 0 Å². The number of nitrogens with one attached hydrogen (secondary N) is 2. The first-order valence-corrected chi connectivity index (χ1v) is 8.81. The summed E-state index contributed by atoms with van der Waals surface area (Å²) in [5.41, 5.74) is 4.35. The molecule has 5 atom stereocenters. The predicted molar refractivity (Wildman–Crippen MR) is 86.2 cm³/mol. The standard InChI is InChI=1S/C17H23ClFN3/c18-11-5-6-16-14(9-11)17(13-3-1-2-4-15(13)19)20-10-12-7-8-21-22(12)16/h1-4,11-12,14,16-17,20-21H,5-10H2. The summed E-state index contributed by atoms with van der Waals surface area (Å²) in [6.45, 7) is 1.95. The number of halogens is 2. The third-order valence-corrected chi connectivity index (χ3v) is 5.96. The SMILES string of the molecule is Fc1ccccc1C1NCC2CCNN2C2CCC(Cl)CC12. The van der Waals surface area contributed by atoms with Crippen LogP contribution in [0.25, 0.3) is 0 Å². The zero-order chi connectivity index (χ0) is 15.1. The van der Waals surface area contributed by atoms with Crippen LogP contribution in [0.5, 0.6) is 0 Å². The molecule has 3 fully saturated rings. The van der Waals surface area contributed by atoms with Crippen LogP contribution >= 0.6 is 11.6 Å². The molecule has 2 heterocycles. The Morgan fingerprint density at radius 2 is 2.05 bits per heavy atom. The highest BCUT2D eigenvalue weighted by Gasteiger charge is 2.45. The van der Waals surface area contributed by atoms with Gasteiger partial charge in [-0.25, -0.2) is 9.40 Å². The van der Waals surface area contributed by atoms with Gasteiger partial charge in [-0.15, -0.1) is 11.6 Å². The lowest BCUT2D eigenvalue weighted by Gasteiger charge is -2.42. The second-order valence-electron chi connectivity index (χ2n) is 6.81. The molecule has 1 aromatic rings. The van der Waals surface area contributed by atoms with Gasteiger partial charge in [-0.05, 0) is 37.7 Å². The Bertz CT molecular complexity index is 540. The summed E-state index contributed by atoms with van der Waals surface area (Å²) >= 11 is 6.46. The first kappa shape index (κ1) is 14.9. The summed E-state index contributed by atoms with van der Waals surface area (Å²) in [5, 5.41) is 6.30. The average molecular weight is 324 g/mol. The lowest BCUT2D eigenvalue weighted by molar-refractivity contribution is 0.0614. The van der Waals surface area contributed by atoms with Gasteiger partial charge in [0.2, 0.25) is 0 Å². The Morgan fingerprint density at radius 3 is 2.91 bits per heavy atom. The maximum Gasteiger partial charge on any atom is 0.127 e. The first-order chi connectivity index (χ1) is 10.7. The second-order valence-corrected chi connectivity index (χ2v) is 7.42. The summed E-state index contributed by atoms with van der Waals surface area (Å²) in [6.07, 6.45) is 4.25. The van der Waals surface area contributed by atoms with Crippen molar-refractivity contribution in [1.82, 2.24) is 15.8 Å². The fraction of sp³-hybridized carbons (Fsp3) is 0.647. The number of rotatable bonds is 1. The Labute approximate surface area is 136 Å². The molecule has 1 saturated carbocycles. The quantitative estimate of drug-likeness (QED) is 0.778. The second kappa shape index (κ2) is 6.08. The van der Waals surface area contributed by atoms with Crippen LogP contribution in [-0.2, 0) is 0 Å². The van der Waals surface area contributed by atoms with Crippen LogP contribution in [0, 0.1) is 11.7 Å². The van der Waals surface area contributed by atoms with Gasteiger partial charge in [-0.2, -0.15) is 0 Å². The molecule has 4 rings (SSSR count). The summed E-state index contributed by atoms with van der Waals surface area (Å²) in [5.74, 6) is 0.245. The van der Waals surface area contributed by atoms with Gasteiger partial charge in [0.25, 0.3) is 0 Å². The Hall–Kier alpha value is -0.680. The van der Waals surface area contributed by atoms with E-state index in [1.807, 2.05) is 12.1 Å². The summed E-state index contributed by atoms with van der Waals surface area (Å²) in [6, 6.07) is 8.19. The van der Waals surface area contributed by atoms with Crippen LogP contribution < -0.4 is 10.7 Å². The van der Waals surface area contributed by atoms with Crippen LogP contribution in [0.3, 0.4) is 0 Å². The minimum absolute atomic E-state index is 0.0557. The van der Waals surface area contributed by atoms with E-state index >= 15 is 0 Å². The zero-order valence-corrected chi connectivity index (χ0v) is 13.4. The monoisotopic (exact) mass is 323 g/mol. The molecule has 22 heavy (non-hydrogen) atoms. The smallest absolute Gasteiger partial charge is 0.127 e. The summed E-state index contributed by atoms with van der Waals surface area (Å²) in [4.78, 5) is 0. The van der Waals surface area contributed by atoms with Gasteiger partial charge in [0.15, 0.2) is 0 Å². The molecule has 0 bridgehead atoms. The Balaban J connectivity index is 1.70. The zero-order valence-electron chi connectivity index (χ0n) is 12.6. The normalized spacial score (nSPS) is 39.1. The van der Waals surface area contributed by atoms with Crippen molar-refractivity contribution in [2.75, 3.05) is 13.1 Å². The molecule has 120 valence electrons. The van der Waals surface area contributed by atoms with E-state index in [4.69, 9.17) is 11.6 Å². The maximum atomic E-state index is 14.4. The third kappa shape index (κ3) is 2.56. The Morgan fingerprint density at radius 1 is 1.18 bits per heavy atom. The summed E-state index contributed by atoms with van der Waals surface area (Å²) in [7, 11) is 0. The van der Waals surface area contributed by atoms with Crippen LogP contribution in [0.4, 0.5) is 4.39 Å². The van der Waals surface area contributed by atoms with E-state index < -0.39 is 0 Å². The number of hydrogen-bond donors (Lipinski definition) is 2. The van der Waals surface area contributed by atoms with Crippen molar-refractivity contribution in [3.05, 3.63) is 35.6 Å². The maximum absolute atomic E-state index is 14.4. The minimum atomic E-state index is -0.106.